The zero-order chi connectivity index (χ0) is 18.9. The Hall–Kier alpha value is -2.16. The number of nitrogens with zero attached hydrogens (tertiary/aromatic N) is 2. The van der Waals surface area contributed by atoms with Crippen molar-refractivity contribution in [1.82, 2.24) is 9.80 Å². The first-order valence-electron chi connectivity index (χ1n) is 8.57. The molecule has 0 saturated carbocycles. The van der Waals surface area contributed by atoms with Crippen LogP contribution in [0.25, 0.3) is 0 Å². The van der Waals surface area contributed by atoms with E-state index in [1.54, 1.807) is 17.0 Å². The predicted molar refractivity (Wildman–Crippen MR) is 93.4 cm³/mol. The first-order chi connectivity index (χ1) is 12.3. The van der Waals surface area contributed by atoms with Gasteiger partial charge in [-0.2, -0.15) is 0 Å². The van der Waals surface area contributed by atoms with Gasteiger partial charge in [0, 0.05) is 25.6 Å². The minimum Gasteiger partial charge on any atom is -0.351 e. The molecule has 9 heteroatoms. The van der Waals surface area contributed by atoms with Crippen LogP contribution in [0.15, 0.2) is 24.3 Å². The van der Waals surface area contributed by atoms with Crippen LogP contribution in [0.3, 0.4) is 0 Å². The van der Waals surface area contributed by atoms with Crippen molar-refractivity contribution in [1.29, 1.82) is 0 Å². The topological polar surface area (TPSA) is 101 Å². The predicted octanol–water partition coefficient (Wildman–Crippen LogP) is 0.914. The minimum absolute atomic E-state index is 0.0197. The van der Waals surface area contributed by atoms with Gasteiger partial charge in [0.2, 0.25) is 5.91 Å². The normalized spacial score (nSPS) is 23.7. The molecule has 1 aromatic rings. The van der Waals surface area contributed by atoms with E-state index in [0.29, 0.717) is 31.5 Å². The fraction of sp³-hybridized carbons (Fsp3) is 0.529. The molecule has 0 spiro atoms. The lowest BCUT2D eigenvalue weighted by Crippen LogP contribution is -2.55. The second kappa shape index (κ2) is 7.22. The summed E-state index contributed by atoms with van der Waals surface area (Å²) >= 11 is 0. The number of benzene rings is 1. The molecule has 0 aliphatic carbocycles. The maximum Gasteiger partial charge on any atom is 0.314 e. The van der Waals surface area contributed by atoms with E-state index >= 15 is 0 Å². The van der Waals surface area contributed by atoms with E-state index in [9.17, 15) is 22.4 Å². The van der Waals surface area contributed by atoms with Gasteiger partial charge in [0.05, 0.1) is 17.5 Å². The van der Waals surface area contributed by atoms with Crippen LogP contribution in [-0.2, 0) is 14.6 Å². The summed E-state index contributed by atoms with van der Waals surface area (Å²) in [6, 6.07) is 4.82. The van der Waals surface area contributed by atoms with Crippen LogP contribution in [0, 0.1) is 11.7 Å². The molecule has 2 aliphatic heterocycles. The first-order valence-corrected chi connectivity index (χ1v) is 10.4. The summed E-state index contributed by atoms with van der Waals surface area (Å²) in [4.78, 5) is 27.7. The lowest BCUT2D eigenvalue weighted by molar-refractivity contribution is -0.140. The molecule has 7 nitrogen and oxygen atoms in total. The highest BCUT2D eigenvalue weighted by atomic mass is 32.2. The Morgan fingerprint density at radius 1 is 1.08 bits per heavy atom. The number of amides is 3. The highest BCUT2D eigenvalue weighted by Crippen LogP contribution is 2.30. The van der Waals surface area contributed by atoms with Gasteiger partial charge in [0.25, 0.3) is 0 Å². The Balaban J connectivity index is 1.82. The number of urea groups is 1. The van der Waals surface area contributed by atoms with Crippen molar-refractivity contribution in [2.75, 3.05) is 31.1 Å². The van der Waals surface area contributed by atoms with E-state index in [1.165, 1.54) is 17.0 Å². The fourth-order valence-corrected chi connectivity index (χ4v) is 5.08. The Labute approximate surface area is 151 Å². The van der Waals surface area contributed by atoms with Gasteiger partial charge in [-0.1, -0.05) is 12.1 Å². The maximum atomic E-state index is 13.3. The molecule has 2 heterocycles. The van der Waals surface area contributed by atoms with Crippen LogP contribution in [0.4, 0.5) is 9.18 Å². The van der Waals surface area contributed by atoms with Gasteiger partial charge in [0.1, 0.15) is 15.7 Å². The highest BCUT2D eigenvalue weighted by molar-refractivity contribution is 7.91. The number of hydrogen-bond donors (Lipinski definition) is 1. The number of hydrogen-bond acceptors (Lipinski definition) is 4. The maximum absolute atomic E-state index is 13.3. The van der Waals surface area contributed by atoms with Gasteiger partial charge in [-0.3, -0.25) is 4.79 Å². The van der Waals surface area contributed by atoms with E-state index in [-0.39, 0.29) is 35.7 Å². The molecular weight excluding hydrogens is 361 g/mol. The number of carbonyl (C=O) groups excluding carboxylic acids is 2. The Kier molecular flexibility index (Phi) is 5.17. The summed E-state index contributed by atoms with van der Waals surface area (Å²) in [7, 11) is -3.05. The third-order valence-electron chi connectivity index (χ3n) is 5.13. The summed E-state index contributed by atoms with van der Waals surface area (Å²) in [5, 5.41) is 0. The van der Waals surface area contributed by atoms with Gasteiger partial charge in [0.15, 0.2) is 0 Å². The van der Waals surface area contributed by atoms with Crippen LogP contribution < -0.4 is 5.73 Å². The number of rotatable bonds is 2. The average molecular weight is 383 g/mol. The van der Waals surface area contributed by atoms with Gasteiger partial charge >= 0.3 is 6.03 Å². The number of sulfone groups is 1. The van der Waals surface area contributed by atoms with Crippen molar-refractivity contribution in [2.24, 2.45) is 11.7 Å². The zero-order valence-corrected chi connectivity index (χ0v) is 15.1. The lowest BCUT2D eigenvalue weighted by atomic mass is 9.96. The van der Waals surface area contributed by atoms with E-state index < -0.39 is 21.9 Å². The Morgan fingerprint density at radius 2 is 1.69 bits per heavy atom. The summed E-state index contributed by atoms with van der Waals surface area (Å²) < 4.78 is 36.5. The molecular formula is C17H22FN3O4S. The lowest BCUT2D eigenvalue weighted by Gasteiger charge is -2.42. The molecule has 26 heavy (non-hydrogen) atoms. The van der Waals surface area contributed by atoms with Gasteiger partial charge in [-0.15, -0.1) is 0 Å². The van der Waals surface area contributed by atoms with E-state index in [2.05, 4.69) is 0 Å². The third kappa shape index (κ3) is 3.98. The minimum atomic E-state index is -3.05. The van der Waals surface area contributed by atoms with Crippen molar-refractivity contribution in [3.63, 3.8) is 0 Å². The summed E-state index contributed by atoms with van der Waals surface area (Å²) in [6.45, 7) is 0.870. The molecule has 3 rings (SSSR count). The second-order valence-electron chi connectivity index (χ2n) is 6.81. The number of carbonyl (C=O) groups is 2. The van der Waals surface area contributed by atoms with E-state index in [1.807, 2.05) is 0 Å². The van der Waals surface area contributed by atoms with Crippen molar-refractivity contribution in [3.8, 4) is 0 Å². The molecule has 0 aromatic heterocycles. The molecule has 1 unspecified atom stereocenters. The SMILES string of the molecule is NC(=O)N1CCN(C(=O)C2CCS(=O)(=O)CC2)C(c2ccc(F)cc2)C1. The van der Waals surface area contributed by atoms with Crippen LogP contribution in [0.1, 0.15) is 24.4 Å². The molecule has 2 fully saturated rings. The monoisotopic (exact) mass is 383 g/mol. The number of piperazine rings is 1. The third-order valence-corrected chi connectivity index (χ3v) is 6.85. The first kappa shape index (κ1) is 18.6. The van der Waals surface area contributed by atoms with E-state index in [0.717, 1.165) is 0 Å². The van der Waals surface area contributed by atoms with Crippen molar-refractivity contribution in [3.05, 3.63) is 35.6 Å². The van der Waals surface area contributed by atoms with Crippen molar-refractivity contribution in [2.45, 2.75) is 18.9 Å². The largest absolute Gasteiger partial charge is 0.351 e. The van der Waals surface area contributed by atoms with E-state index in [4.69, 9.17) is 5.73 Å². The standard InChI is InChI=1S/C17H22FN3O4S/c18-14-3-1-12(2-4-14)15-11-20(17(19)23)7-8-21(15)16(22)13-5-9-26(24,25)10-6-13/h1-4,13,15H,5-11H2,(H2,19,23). The molecule has 2 saturated heterocycles. The summed E-state index contributed by atoms with van der Waals surface area (Å²) in [5.74, 6) is -0.802. The fourth-order valence-electron chi connectivity index (χ4n) is 3.59. The van der Waals surface area contributed by atoms with Crippen LogP contribution in [-0.4, -0.2) is 61.3 Å². The molecule has 0 radical (unpaired) electrons. The summed E-state index contributed by atoms with van der Waals surface area (Å²) in [5.41, 5.74) is 6.10. The molecule has 3 amide bonds. The number of halogens is 1. The molecule has 2 aliphatic rings. The Bertz CT molecular complexity index is 783. The average Bonchev–Trinajstić information content (AvgIpc) is 2.61. The molecule has 142 valence electrons. The van der Waals surface area contributed by atoms with Gasteiger partial charge < -0.3 is 15.5 Å². The number of primary amides is 1. The van der Waals surface area contributed by atoms with Crippen LogP contribution in [0.5, 0.6) is 0 Å². The highest BCUT2D eigenvalue weighted by Gasteiger charge is 2.37. The molecule has 0 bridgehead atoms. The van der Waals surface area contributed by atoms with Crippen LogP contribution >= 0.6 is 0 Å². The second-order valence-corrected chi connectivity index (χ2v) is 9.11. The van der Waals surface area contributed by atoms with Crippen molar-refractivity contribution < 1.29 is 22.4 Å². The van der Waals surface area contributed by atoms with Gasteiger partial charge in [-0.25, -0.2) is 17.6 Å². The smallest absolute Gasteiger partial charge is 0.314 e. The van der Waals surface area contributed by atoms with Gasteiger partial charge in [-0.05, 0) is 30.5 Å². The molecule has 1 atom stereocenters. The molecule has 2 N–H and O–H groups in total. The van der Waals surface area contributed by atoms with Crippen molar-refractivity contribution >= 4 is 21.8 Å². The zero-order valence-electron chi connectivity index (χ0n) is 14.3. The quantitative estimate of drug-likeness (QED) is 0.820. The van der Waals surface area contributed by atoms with Crippen LogP contribution in [0.2, 0.25) is 0 Å². The Morgan fingerprint density at radius 3 is 2.27 bits per heavy atom. The molecule has 1 aromatic carbocycles. The summed E-state index contributed by atoms with van der Waals surface area (Å²) in [6.07, 6.45) is 0.626. The number of nitrogens with two attached hydrogens (primary N) is 1.